The summed E-state index contributed by atoms with van der Waals surface area (Å²) in [6.07, 6.45) is 0. The molecule has 0 saturated heterocycles. The molecule has 2 aromatic rings. The van der Waals surface area contributed by atoms with Crippen molar-refractivity contribution in [2.75, 3.05) is 7.11 Å². The molecule has 0 unspecified atom stereocenters. The highest BCUT2D eigenvalue weighted by atomic mass is 19.1. The van der Waals surface area contributed by atoms with E-state index in [0.29, 0.717) is 12.4 Å². The van der Waals surface area contributed by atoms with Crippen molar-refractivity contribution in [2.24, 2.45) is 0 Å². The van der Waals surface area contributed by atoms with Crippen LogP contribution in [0.3, 0.4) is 0 Å². The van der Waals surface area contributed by atoms with Gasteiger partial charge in [0, 0.05) is 12.7 Å². The first-order valence-corrected chi connectivity index (χ1v) is 5.46. The summed E-state index contributed by atoms with van der Waals surface area (Å²) in [7, 11) is 1.61. The number of aromatic nitrogens is 2. The summed E-state index contributed by atoms with van der Waals surface area (Å²) in [6, 6.07) is 7.39. The van der Waals surface area contributed by atoms with Crippen LogP contribution in [-0.4, -0.2) is 17.1 Å². The smallest absolute Gasteiger partial charge is 0.287 e. The number of halogens is 1. The maximum absolute atomic E-state index is 13.2. The molecule has 2 rings (SSSR count). The Kier molecular flexibility index (Phi) is 3.53. The third-order valence-electron chi connectivity index (χ3n) is 2.54. The van der Waals surface area contributed by atoms with E-state index in [-0.39, 0.29) is 5.69 Å². The molecule has 1 N–H and O–H groups in total. The van der Waals surface area contributed by atoms with Crippen molar-refractivity contribution in [3.05, 3.63) is 51.7 Å². The lowest BCUT2D eigenvalue weighted by Crippen LogP contribution is -2.15. The first-order valence-electron chi connectivity index (χ1n) is 5.46. The van der Waals surface area contributed by atoms with Crippen LogP contribution in [-0.2, 0) is 11.3 Å². The fraction of sp³-hybridized carbons (Fsp3) is 0.231. The highest BCUT2D eigenvalue weighted by Crippen LogP contribution is 2.16. The minimum Gasteiger partial charge on any atom is -0.380 e. The number of aromatic amines is 1. The quantitative estimate of drug-likeness (QED) is 0.904. The third-order valence-corrected chi connectivity index (χ3v) is 2.54. The van der Waals surface area contributed by atoms with Gasteiger partial charge in [-0.25, -0.2) is 4.98 Å². The summed E-state index contributed by atoms with van der Waals surface area (Å²) in [5.41, 5.74) is 1.02. The van der Waals surface area contributed by atoms with Gasteiger partial charge in [-0.2, -0.15) is 4.39 Å². The van der Waals surface area contributed by atoms with Gasteiger partial charge in [0.1, 0.15) is 5.82 Å². The van der Waals surface area contributed by atoms with Crippen LogP contribution in [0.25, 0.3) is 11.4 Å². The normalized spacial score (nSPS) is 10.6. The molecule has 94 valence electrons. The Hall–Kier alpha value is -2.01. The van der Waals surface area contributed by atoms with Crippen molar-refractivity contribution in [1.82, 2.24) is 9.97 Å². The molecular weight excluding hydrogens is 235 g/mol. The van der Waals surface area contributed by atoms with E-state index < -0.39 is 11.4 Å². The summed E-state index contributed by atoms with van der Waals surface area (Å²) in [5, 5.41) is 0. The Bertz CT molecular complexity index is 623. The van der Waals surface area contributed by atoms with Gasteiger partial charge in [-0.15, -0.1) is 0 Å². The van der Waals surface area contributed by atoms with E-state index in [2.05, 4.69) is 9.97 Å². The molecule has 18 heavy (non-hydrogen) atoms. The van der Waals surface area contributed by atoms with Crippen LogP contribution in [0.1, 0.15) is 11.3 Å². The van der Waals surface area contributed by atoms with Gasteiger partial charge in [0.05, 0.1) is 12.3 Å². The zero-order chi connectivity index (χ0) is 13.1. The van der Waals surface area contributed by atoms with Gasteiger partial charge in [-0.1, -0.05) is 18.2 Å². The molecule has 0 bridgehead atoms. The highest BCUT2D eigenvalue weighted by molar-refractivity contribution is 5.55. The summed E-state index contributed by atoms with van der Waals surface area (Å²) in [6.45, 7) is 1.94. The van der Waals surface area contributed by atoms with E-state index in [1.54, 1.807) is 13.2 Å². The Morgan fingerprint density at radius 1 is 1.44 bits per heavy atom. The molecule has 1 aromatic carbocycles. The predicted molar refractivity (Wildman–Crippen MR) is 65.7 cm³/mol. The Balaban J connectivity index is 2.48. The lowest BCUT2D eigenvalue weighted by Gasteiger charge is -2.05. The van der Waals surface area contributed by atoms with Crippen molar-refractivity contribution in [3.8, 4) is 11.4 Å². The summed E-state index contributed by atoms with van der Waals surface area (Å²) in [4.78, 5) is 17.8. The average molecular weight is 248 g/mol. The lowest BCUT2D eigenvalue weighted by molar-refractivity contribution is 0.185. The van der Waals surface area contributed by atoms with Crippen LogP contribution >= 0.6 is 0 Å². The fourth-order valence-electron chi connectivity index (χ4n) is 1.68. The number of nitrogens with zero attached hydrogens (tertiary/aromatic N) is 1. The van der Waals surface area contributed by atoms with Gasteiger partial charge in [-0.05, 0) is 18.6 Å². The van der Waals surface area contributed by atoms with Crippen molar-refractivity contribution in [2.45, 2.75) is 13.5 Å². The monoisotopic (exact) mass is 248 g/mol. The topological polar surface area (TPSA) is 55.0 Å². The molecule has 0 radical (unpaired) electrons. The Labute approximate surface area is 103 Å². The van der Waals surface area contributed by atoms with E-state index in [1.807, 2.05) is 18.2 Å². The van der Waals surface area contributed by atoms with Crippen molar-refractivity contribution in [3.63, 3.8) is 0 Å². The molecule has 1 heterocycles. The summed E-state index contributed by atoms with van der Waals surface area (Å²) >= 11 is 0. The molecule has 0 saturated carbocycles. The van der Waals surface area contributed by atoms with Crippen LogP contribution in [0.5, 0.6) is 0 Å². The molecule has 0 fully saturated rings. The second-order valence-electron chi connectivity index (χ2n) is 3.95. The number of rotatable bonds is 3. The molecule has 0 aliphatic carbocycles. The number of benzene rings is 1. The maximum Gasteiger partial charge on any atom is 0.287 e. The predicted octanol–water partition coefficient (Wildman–Crippen LogP) is 2.03. The second-order valence-corrected chi connectivity index (χ2v) is 3.95. The molecule has 0 aliphatic heterocycles. The number of hydrogen-bond donors (Lipinski definition) is 1. The molecule has 1 aromatic heterocycles. The van der Waals surface area contributed by atoms with Gasteiger partial charge >= 0.3 is 0 Å². The summed E-state index contributed by atoms with van der Waals surface area (Å²) in [5.74, 6) is -0.483. The Morgan fingerprint density at radius 2 is 2.22 bits per heavy atom. The molecule has 4 nitrogen and oxygen atoms in total. The van der Waals surface area contributed by atoms with E-state index in [1.165, 1.54) is 6.92 Å². The number of ether oxygens (including phenoxy) is 1. The number of nitrogens with one attached hydrogen (secondary N) is 1. The molecule has 5 heteroatoms. The summed E-state index contributed by atoms with van der Waals surface area (Å²) < 4.78 is 18.2. The van der Waals surface area contributed by atoms with Crippen molar-refractivity contribution in [1.29, 1.82) is 0 Å². The Morgan fingerprint density at radius 3 is 2.89 bits per heavy atom. The van der Waals surface area contributed by atoms with Gasteiger partial charge < -0.3 is 9.72 Å². The first-order chi connectivity index (χ1) is 8.61. The average Bonchev–Trinajstić information content (AvgIpc) is 2.36. The van der Waals surface area contributed by atoms with Gasteiger partial charge in [0.25, 0.3) is 5.56 Å². The van der Waals surface area contributed by atoms with Crippen molar-refractivity contribution >= 4 is 0 Å². The van der Waals surface area contributed by atoms with Crippen LogP contribution in [0, 0.1) is 12.7 Å². The molecule has 0 aliphatic rings. The van der Waals surface area contributed by atoms with Gasteiger partial charge in [-0.3, -0.25) is 4.79 Å². The van der Waals surface area contributed by atoms with E-state index in [0.717, 1.165) is 11.1 Å². The van der Waals surface area contributed by atoms with Crippen LogP contribution < -0.4 is 5.56 Å². The zero-order valence-corrected chi connectivity index (χ0v) is 10.2. The fourth-order valence-corrected chi connectivity index (χ4v) is 1.68. The first kappa shape index (κ1) is 12.4. The second kappa shape index (κ2) is 5.10. The minimum atomic E-state index is -0.841. The molecular formula is C13H13FN2O2. The van der Waals surface area contributed by atoms with E-state index in [9.17, 15) is 9.18 Å². The molecule has 0 atom stereocenters. The maximum atomic E-state index is 13.2. The van der Waals surface area contributed by atoms with E-state index in [4.69, 9.17) is 4.74 Å². The van der Waals surface area contributed by atoms with Crippen LogP contribution in [0.15, 0.2) is 29.1 Å². The number of hydrogen-bond acceptors (Lipinski definition) is 3. The van der Waals surface area contributed by atoms with Crippen molar-refractivity contribution < 1.29 is 9.13 Å². The molecule has 0 spiro atoms. The van der Waals surface area contributed by atoms with E-state index >= 15 is 0 Å². The highest BCUT2D eigenvalue weighted by Gasteiger charge is 2.08. The number of methoxy groups -OCH3 is 1. The third kappa shape index (κ3) is 2.46. The minimum absolute atomic E-state index is 0.0888. The van der Waals surface area contributed by atoms with Gasteiger partial charge in [0.2, 0.25) is 5.82 Å². The SMILES string of the molecule is COCc1cccc(-c2nc(C)c(F)c(=O)[nH]2)c1. The largest absolute Gasteiger partial charge is 0.380 e. The number of aryl methyl sites for hydroxylation is 1. The number of H-pyrrole nitrogens is 1. The van der Waals surface area contributed by atoms with Crippen LogP contribution in [0.4, 0.5) is 4.39 Å². The lowest BCUT2D eigenvalue weighted by atomic mass is 10.1. The molecule has 0 amide bonds. The van der Waals surface area contributed by atoms with Crippen LogP contribution in [0.2, 0.25) is 0 Å². The standard InChI is InChI=1S/C13H13FN2O2/c1-8-11(14)13(17)16-12(15-8)10-5-3-4-9(6-10)7-18-2/h3-6H,7H2,1-2H3,(H,15,16,17). The zero-order valence-electron chi connectivity index (χ0n) is 10.2. The van der Waals surface area contributed by atoms with Gasteiger partial charge in [0.15, 0.2) is 0 Å².